The zero-order chi connectivity index (χ0) is 8.20. The van der Waals surface area contributed by atoms with Crippen molar-refractivity contribution in [2.45, 2.75) is 6.92 Å². The average molecular weight is 168 g/mol. The van der Waals surface area contributed by atoms with Crippen molar-refractivity contribution in [2.75, 3.05) is 6.61 Å². The number of hydrogen-bond acceptors (Lipinski definition) is 4. The first-order valence-corrected chi connectivity index (χ1v) is 3.92. The fraction of sp³-hybridized carbons (Fsp3) is 0.500. The van der Waals surface area contributed by atoms with Crippen LogP contribution in [0.5, 0.6) is 0 Å². The molecule has 0 saturated carbocycles. The summed E-state index contributed by atoms with van der Waals surface area (Å²) in [4.78, 5) is 8.39. The highest BCUT2D eigenvalue weighted by Crippen LogP contribution is 2.41. The summed E-state index contributed by atoms with van der Waals surface area (Å²) in [5.74, 6) is 0. The molecule has 0 fully saturated rings. The molecule has 0 aliphatic rings. The highest BCUT2D eigenvalue weighted by molar-refractivity contribution is 7.47. The number of rotatable bonds is 4. The van der Waals surface area contributed by atoms with Crippen molar-refractivity contribution in [3.8, 4) is 0 Å². The van der Waals surface area contributed by atoms with E-state index < -0.39 is 7.82 Å². The molecule has 0 spiro atoms. The van der Waals surface area contributed by atoms with Crippen LogP contribution in [0.4, 0.5) is 0 Å². The summed E-state index contributed by atoms with van der Waals surface area (Å²) in [6.07, 6.45) is 0. The number of phosphoric ester groups is 1. The Kier molecular flexibility index (Phi) is 3.78. The van der Waals surface area contributed by atoms with E-state index in [1.807, 2.05) is 0 Å². The minimum atomic E-state index is -4.23. The van der Waals surface area contributed by atoms with Gasteiger partial charge in [-0.2, -0.15) is 0 Å². The Morgan fingerprint density at radius 3 is 2.60 bits per heavy atom. The van der Waals surface area contributed by atoms with Crippen LogP contribution < -0.4 is 0 Å². The molecule has 1 atom stereocenters. The molecule has 0 aliphatic heterocycles. The van der Waals surface area contributed by atoms with Crippen LogP contribution in [0, 0.1) is 0 Å². The molecule has 0 amide bonds. The van der Waals surface area contributed by atoms with E-state index in [9.17, 15) is 4.57 Å². The molecule has 5 nitrogen and oxygen atoms in total. The Morgan fingerprint density at radius 2 is 2.30 bits per heavy atom. The van der Waals surface area contributed by atoms with E-state index in [4.69, 9.17) is 10.2 Å². The maximum Gasteiger partial charge on any atom is 0.499 e. The predicted octanol–water partition coefficient (Wildman–Crippen LogP) is 1.17. The highest BCUT2D eigenvalue weighted by Gasteiger charge is 2.19. The molecule has 0 aliphatic carbocycles. The van der Waals surface area contributed by atoms with Crippen LogP contribution in [0.3, 0.4) is 0 Å². The van der Waals surface area contributed by atoms with Crippen molar-refractivity contribution in [1.82, 2.24) is 0 Å². The maximum atomic E-state index is 10.3. The monoisotopic (exact) mass is 168 g/mol. The van der Waals surface area contributed by atoms with Gasteiger partial charge in [-0.3, -0.25) is 4.52 Å². The summed E-state index contributed by atoms with van der Waals surface area (Å²) >= 11 is 0. The highest BCUT2D eigenvalue weighted by atomic mass is 31.2. The van der Waals surface area contributed by atoms with Gasteiger partial charge in [0.15, 0.2) is 0 Å². The van der Waals surface area contributed by atoms with Crippen LogP contribution in [0.1, 0.15) is 6.92 Å². The molecule has 60 valence electrons. The SMILES string of the molecule is C=C(C)COP(=O)(O)OO. The Morgan fingerprint density at radius 1 is 1.80 bits per heavy atom. The molecule has 2 N–H and O–H groups in total. The van der Waals surface area contributed by atoms with Crippen LogP contribution in [0.2, 0.25) is 0 Å². The topological polar surface area (TPSA) is 76.0 Å². The van der Waals surface area contributed by atoms with E-state index in [0.717, 1.165) is 0 Å². The summed E-state index contributed by atoms with van der Waals surface area (Å²) in [6, 6.07) is 0. The zero-order valence-corrected chi connectivity index (χ0v) is 6.38. The molecular weight excluding hydrogens is 159 g/mol. The fourth-order valence-electron chi connectivity index (χ4n) is 0.215. The third kappa shape index (κ3) is 4.67. The normalized spacial score (nSPS) is 16.3. The van der Waals surface area contributed by atoms with Gasteiger partial charge in [-0.25, -0.2) is 9.82 Å². The lowest BCUT2D eigenvalue weighted by Crippen LogP contribution is -1.94. The number of phosphoric acid groups is 1. The second kappa shape index (κ2) is 3.85. The van der Waals surface area contributed by atoms with Gasteiger partial charge in [0.1, 0.15) is 0 Å². The van der Waals surface area contributed by atoms with E-state index in [0.29, 0.717) is 5.57 Å². The second-order valence-electron chi connectivity index (χ2n) is 1.78. The fourth-order valence-corrected chi connectivity index (χ4v) is 0.646. The summed E-state index contributed by atoms with van der Waals surface area (Å²) in [7, 11) is -4.23. The van der Waals surface area contributed by atoms with Gasteiger partial charge in [-0.1, -0.05) is 12.2 Å². The molecule has 0 aromatic heterocycles. The Bertz CT molecular complexity index is 165. The van der Waals surface area contributed by atoms with Gasteiger partial charge in [-0.05, 0) is 6.92 Å². The lowest BCUT2D eigenvalue weighted by Gasteiger charge is -2.05. The minimum absolute atomic E-state index is 0.117. The van der Waals surface area contributed by atoms with Gasteiger partial charge in [0.25, 0.3) is 0 Å². The molecule has 0 aromatic carbocycles. The van der Waals surface area contributed by atoms with E-state index in [2.05, 4.69) is 15.8 Å². The van der Waals surface area contributed by atoms with Gasteiger partial charge < -0.3 is 4.89 Å². The number of hydrogen-bond donors (Lipinski definition) is 2. The van der Waals surface area contributed by atoms with Crippen molar-refractivity contribution in [3.05, 3.63) is 12.2 Å². The molecule has 0 rings (SSSR count). The van der Waals surface area contributed by atoms with Gasteiger partial charge in [0.05, 0.1) is 6.61 Å². The minimum Gasteiger partial charge on any atom is -0.301 e. The standard InChI is InChI=1S/C4H9O5P/c1-4(2)3-8-10(6,7)9-5/h5H,1,3H2,2H3,(H,6,7). The Hall–Kier alpha value is -0.190. The molecule has 1 unspecified atom stereocenters. The lowest BCUT2D eigenvalue weighted by molar-refractivity contribution is -0.161. The van der Waals surface area contributed by atoms with Crippen LogP contribution in [0.25, 0.3) is 0 Å². The van der Waals surface area contributed by atoms with E-state index in [-0.39, 0.29) is 6.61 Å². The van der Waals surface area contributed by atoms with Gasteiger partial charge in [-0.15, -0.1) is 4.67 Å². The molecule has 0 saturated heterocycles. The third-order valence-electron chi connectivity index (χ3n) is 0.577. The van der Waals surface area contributed by atoms with Crippen LogP contribution >= 0.6 is 7.82 Å². The maximum absolute atomic E-state index is 10.3. The average Bonchev–Trinajstić information content (AvgIpc) is 1.85. The first kappa shape index (κ1) is 9.81. The molecule has 10 heavy (non-hydrogen) atoms. The van der Waals surface area contributed by atoms with Crippen LogP contribution in [0.15, 0.2) is 12.2 Å². The second-order valence-corrected chi connectivity index (χ2v) is 3.14. The largest absolute Gasteiger partial charge is 0.499 e. The smallest absolute Gasteiger partial charge is 0.301 e. The van der Waals surface area contributed by atoms with Crippen molar-refractivity contribution >= 4 is 7.82 Å². The summed E-state index contributed by atoms with van der Waals surface area (Å²) in [5, 5.41) is 7.74. The first-order chi connectivity index (χ1) is 4.48. The Labute approximate surface area is 58.4 Å². The first-order valence-electron chi connectivity index (χ1n) is 2.43. The van der Waals surface area contributed by atoms with Crippen molar-refractivity contribution < 1.29 is 23.9 Å². The molecule has 0 heterocycles. The van der Waals surface area contributed by atoms with Crippen LogP contribution in [-0.4, -0.2) is 16.8 Å². The third-order valence-corrected chi connectivity index (χ3v) is 1.24. The van der Waals surface area contributed by atoms with E-state index in [1.54, 1.807) is 6.92 Å². The van der Waals surface area contributed by atoms with Gasteiger partial charge in [0, 0.05) is 0 Å². The quantitative estimate of drug-likeness (QED) is 0.285. The van der Waals surface area contributed by atoms with Gasteiger partial charge in [0.2, 0.25) is 0 Å². The van der Waals surface area contributed by atoms with Crippen molar-refractivity contribution in [1.29, 1.82) is 0 Å². The zero-order valence-electron chi connectivity index (χ0n) is 5.48. The predicted molar refractivity (Wildman–Crippen MR) is 34.3 cm³/mol. The molecule has 0 aromatic rings. The molecule has 0 bridgehead atoms. The van der Waals surface area contributed by atoms with Crippen molar-refractivity contribution in [2.24, 2.45) is 0 Å². The van der Waals surface area contributed by atoms with Gasteiger partial charge >= 0.3 is 7.82 Å². The summed E-state index contributed by atoms with van der Waals surface area (Å²) in [6.45, 7) is 4.89. The van der Waals surface area contributed by atoms with Crippen molar-refractivity contribution in [3.63, 3.8) is 0 Å². The van der Waals surface area contributed by atoms with Crippen LogP contribution in [-0.2, 0) is 13.8 Å². The molecule has 6 heteroatoms. The van der Waals surface area contributed by atoms with E-state index >= 15 is 0 Å². The summed E-state index contributed by atoms with van der Waals surface area (Å²) in [5.41, 5.74) is 0.561. The Balaban J connectivity index is 3.68. The summed E-state index contributed by atoms with van der Waals surface area (Å²) < 4.78 is 17.6. The molecular formula is C4H9O5P. The lowest BCUT2D eigenvalue weighted by atomic mass is 10.4. The molecule has 0 radical (unpaired) electrons. The van der Waals surface area contributed by atoms with E-state index in [1.165, 1.54) is 0 Å².